The summed E-state index contributed by atoms with van der Waals surface area (Å²) in [7, 11) is 0. The minimum atomic E-state index is -4.84. The topological polar surface area (TPSA) is 90.7 Å². The third-order valence-corrected chi connectivity index (χ3v) is 4.78. The van der Waals surface area contributed by atoms with Crippen molar-refractivity contribution in [3.05, 3.63) is 76.1 Å². The van der Waals surface area contributed by atoms with E-state index in [2.05, 4.69) is 5.10 Å². The van der Waals surface area contributed by atoms with Crippen molar-refractivity contribution in [1.82, 2.24) is 9.78 Å². The first-order valence-electron chi connectivity index (χ1n) is 9.91. The lowest BCUT2D eigenvalue weighted by atomic mass is 10.1. The van der Waals surface area contributed by atoms with Crippen LogP contribution in [0, 0.1) is 0 Å². The van der Waals surface area contributed by atoms with E-state index in [1.807, 2.05) is 0 Å². The van der Waals surface area contributed by atoms with Crippen molar-refractivity contribution in [3.8, 4) is 11.4 Å². The van der Waals surface area contributed by atoms with Gasteiger partial charge < -0.3 is 14.6 Å². The zero-order valence-electron chi connectivity index (χ0n) is 18.3. The summed E-state index contributed by atoms with van der Waals surface area (Å²) < 4.78 is 52.0. The molecular formula is C23H20ClF3N2O5. The van der Waals surface area contributed by atoms with Crippen LogP contribution in [0.4, 0.5) is 13.2 Å². The summed E-state index contributed by atoms with van der Waals surface area (Å²) in [6.07, 6.45) is -4.84. The molecule has 0 amide bonds. The highest BCUT2D eigenvalue weighted by atomic mass is 35.5. The van der Waals surface area contributed by atoms with Crippen LogP contribution < -0.4 is 4.74 Å². The summed E-state index contributed by atoms with van der Waals surface area (Å²) in [5.41, 5.74) is -1.93. The van der Waals surface area contributed by atoms with Crippen LogP contribution in [-0.2, 0) is 17.5 Å². The van der Waals surface area contributed by atoms with Gasteiger partial charge in [-0.15, -0.1) is 0 Å². The van der Waals surface area contributed by atoms with Gasteiger partial charge in [-0.1, -0.05) is 17.7 Å². The van der Waals surface area contributed by atoms with Gasteiger partial charge in [-0.25, -0.2) is 14.3 Å². The molecule has 1 N–H and O–H groups in total. The monoisotopic (exact) mass is 496 g/mol. The molecule has 1 heterocycles. The summed E-state index contributed by atoms with van der Waals surface area (Å²) in [4.78, 5) is 23.4. The summed E-state index contributed by atoms with van der Waals surface area (Å²) >= 11 is 6.00. The molecule has 0 saturated carbocycles. The van der Waals surface area contributed by atoms with Gasteiger partial charge in [-0.3, -0.25) is 0 Å². The van der Waals surface area contributed by atoms with Crippen molar-refractivity contribution >= 4 is 23.5 Å². The minimum Gasteiger partial charge on any atom is -0.487 e. The van der Waals surface area contributed by atoms with E-state index in [1.54, 1.807) is 20.8 Å². The van der Waals surface area contributed by atoms with Gasteiger partial charge in [0.15, 0.2) is 5.69 Å². The number of carboxylic acid groups (broad SMARTS) is 1. The Kier molecular flexibility index (Phi) is 6.92. The molecule has 180 valence electrons. The van der Waals surface area contributed by atoms with E-state index in [0.717, 1.165) is 4.68 Å². The standard InChI is InChI=1S/C23H20ClF3N2O5/c1-22(2,3)34-21(32)13-7-9-16(10-8-13)33-12-17-18(24)19(23(25,26)27)28-29(17)15-6-4-5-14(11-15)20(30)31/h4-11H,12H2,1-3H3,(H,30,31). The number of hydrogen-bond donors (Lipinski definition) is 1. The van der Waals surface area contributed by atoms with E-state index in [-0.39, 0.29) is 28.3 Å². The molecule has 0 bridgehead atoms. The maximum atomic E-state index is 13.4. The number of carbonyl (C=O) groups is 2. The largest absolute Gasteiger partial charge is 0.487 e. The molecule has 1 aromatic heterocycles. The molecule has 3 rings (SSSR count). The molecule has 0 saturated heterocycles. The maximum Gasteiger partial charge on any atom is 0.436 e. The summed E-state index contributed by atoms with van der Waals surface area (Å²) in [6.45, 7) is 4.79. The smallest absolute Gasteiger partial charge is 0.436 e. The van der Waals surface area contributed by atoms with Crippen LogP contribution in [0.25, 0.3) is 5.69 Å². The zero-order chi connectivity index (χ0) is 25.3. The molecule has 0 aliphatic carbocycles. The van der Waals surface area contributed by atoms with Crippen LogP contribution in [0.2, 0.25) is 5.02 Å². The minimum absolute atomic E-state index is 0.0659. The summed E-state index contributed by atoms with van der Waals surface area (Å²) in [6, 6.07) is 11.1. The maximum absolute atomic E-state index is 13.4. The highest BCUT2D eigenvalue weighted by Crippen LogP contribution is 2.37. The number of benzene rings is 2. The predicted octanol–water partition coefficient (Wildman–Crippen LogP) is 5.78. The molecule has 0 aliphatic rings. The normalized spacial score (nSPS) is 11.9. The van der Waals surface area contributed by atoms with Crippen molar-refractivity contribution < 1.29 is 37.3 Å². The Labute approximate surface area is 197 Å². The van der Waals surface area contributed by atoms with E-state index in [9.17, 15) is 27.9 Å². The van der Waals surface area contributed by atoms with Crippen LogP contribution in [-0.4, -0.2) is 32.4 Å². The first-order valence-corrected chi connectivity index (χ1v) is 10.3. The second-order valence-electron chi connectivity index (χ2n) is 8.19. The van der Waals surface area contributed by atoms with Crippen LogP contribution in [0.15, 0.2) is 48.5 Å². The molecule has 3 aromatic rings. The van der Waals surface area contributed by atoms with Crippen molar-refractivity contribution in [3.63, 3.8) is 0 Å². The molecule has 0 spiro atoms. The fourth-order valence-electron chi connectivity index (χ4n) is 2.90. The molecule has 7 nitrogen and oxygen atoms in total. The molecule has 11 heteroatoms. The second kappa shape index (κ2) is 9.38. The Bertz CT molecular complexity index is 1210. The van der Waals surface area contributed by atoms with Crippen molar-refractivity contribution in [2.75, 3.05) is 0 Å². The number of halogens is 4. The number of hydrogen-bond acceptors (Lipinski definition) is 5. The highest BCUT2D eigenvalue weighted by Gasteiger charge is 2.39. The van der Waals surface area contributed by atoms with Crippen molar-refractivity contribution in [2.24, 2.45) is 0 Å². The van der Waals surface area contributed by atoms with Crippen molar-refractivity contribution in [2.45, 2.75) is 39.2 Å². The fraction of sp³-hybridized carbons (Fsp3) is 0.261. The molecule has 0 aliphatic heterocycles. The number of aromatic carboxylic acids is 1. The molecule has 0 atom stereocenters. The van der Waals surface area contributed by atoms with Gasteiger partial charge in [0.2, 0.25) is 0 Å². The summed E-state index contributed by atoms with van der Waals surface area (Å²) in [5, 5.41) is 12.1. The van der Waals surface area contributed by atoms with Crippen molar-refractivity contribution in [1.29, 1.82) is 0 Å². The van der Waals surface area contributed by atoms with Crippen LogP contribution in [0.1, 0.15) is 52.9 Å². The highest BCUT2D eigenvalue weighted by molar-refractivity contribution is 6.32. The lowest BCUT2D eigenvalue weighted by Gasteiger charge is -2.19. The average molecular weight is 497 g/mol. The Morgan fingerprint density at radius 3 is 2.26 bits per heavy atom. The van der Waals surface area contributed by atoms with Crippen LogP contribution >= 0.6 is 11.6 Å². The molecule has 0 unspecified atom stereocenters. The third kappa shape index (κ3) is 5.88. The molecule has 0 fully saturated rings. The Morgan fingerprint density at radius 2 is 1.71 bits per heavy atom. The lowest BCUT2D eigenvalue weighted by Crippen LogP contribution is -2.23. The lowest BCUT2D eigenvalue weighted by molar-refractivity contribution is -0.141. The third-order valence-electron chi connectivity index (χ3n) is 4.39. The van der Waals surface area contributed by atoms with E-state index in [0.29, 0.717) is 0 Å². The van der Waals surface area contributed by atoms with Gasteiger partial charge in [0.05, 0.1) is 21.8 Å². The molecule has 0 radical (unpaired) electrons. The molecular weight excluding hydrogens is 477 g/mol. The first-order chi connectivity index (χ1) is 15.8. The molecule has 2 aromatic carbocycles. The Hall–Kier alpha value is -3.53. The zero-order valence-corrected chi connectivity index (χ0v) is 19.1. The number of alkyl halides is 3. The predicted molar refractivity (Wildman–Crippen MR) is 116 cm³/mol. The van der Waals surface area contributed by atoms with Gasteiger partial charge in [-0.05, 0) is 63.2 Å². The number of aromatic nitrogens is 2. The number of esters is 1. The number of nitrogens with zero attached hydrogens (tertiary/aromatic N) is 2. The SMILES string of the molecule is CC(C)(C)OC(=O)c1ccc(OCc2c(Cl)c(C(F)(F)F)nn2-c2cccc(C(=O)O)c2)cc1. The average Bonchev–Trinajstić information content (AvgIpc) is 3.08. The van der Waals surface area contributed by atoms with Gasteiger partial charge in [-0.2, -0.15) is 18.3 Å². The Morgan fingerprint density at radius 1 is 1.06 bits per heavy atom. The number of ether oxygens (including phenoxy) is 2. The van der Waals surface area contributed by atoms with Crippen LogP contribution in [0.5, 0.6) is 5.75 Å². The van der Waals surface area contributed by atoms with Gasteiger partial charge in [0.1, 0.15) is 23.7 Å². The number of carboxylic acids is 1. The quantitative estimate of drug-likeness (QED) is 0.435. The first kappa shape index (κ1) is 25.1. The fourth-order valence-corrected chi connectivity index (χ4v) is 3.18. The van der Waals surface area contributed by atoms with Gasteiger partial charge in [0.25, 0.3) is 0 Å². The number of carbonyl (C=O) groups excluding carboxylic acids is 1. The molecule has 34 heavy (non-hydrogen) atoms. The van der Waals surface area contributed by atoms with E-state index in [1.165, 1.54) is 48.5 Å². The Balaban J connectivity index is 1.90. The van der Waals surface area contributed by atoms with Crippen LogP contribution in [0.3, 0.4) is 0 Å². The van der Waals surface area contributed by atoms with Gasteiger partial charge >= 0.3 is 18.1 Å². The van der Waals surface area contributed by atoms with Gasteiger partial charge in [0, 0.05) is 0 Å². The second-order valence-corrected chi connectivity index (χ2v) is 8.57. The summed E-state index contributed by atoms with van der Waals surface area (Å²) in [5.74, 6) is -1.53. The van der Waals surface area contributed by atoms with E-state index < -0.39 is 41.0 Å². The van der Waals surface area contributed by atoms with E-state index >= 15 is 0 Å². The van der Waals surface area contributed by atoms with E-state index in [4.69, 9.17) is 21.1 Å². The number of rotatable bonds is 6.